The van der Waals surface area contributed by atoms with Gasteiger partial charge in [-0.2, -0.15) is 5.26 Å². The molecular formula is C28H28N4O2. The van der Waals surface area contributed by atoms with E-state index >= 15 is 0 Å². The average molecular weight is 453 g/mol. The number of benzene rings is 2. The van der Waals surface area contributed by atoms with E-state index in [1.807, 2.05) is 59.5 Å². The zero-order valence-electron chi connectivity index (χ0n) is 19.5. The topological polar surface area (TPSA) is 69.5 Å². The van der Waals surface area contributed by atoms with Crippen molar-refractivity contribution in [2.24, 2.45) is 0 Å². The summed E-state index contributed by atoms with van der Waals surface area (Å²) in [5.74, 6) is 1.62. The van der Waals surface area contributed by atoms with Gasteiger partial charge in [-0.3, -0.25) is 4.79 Å². The molecule has 5 rings (SSSR count). The molecule has 0 radical (unpaired) electrons. The summed E-state index contributed by atoms with van der Waals surface area (Å²) < 4.78 is 5.33. The fraction of sp³-hybridized carbons (Fsp3) is 0.321. The van der Waals surface area contributed by atoms with Crippen molar-refractivity contribution in [2.75, 3.05) is 38.2 Å². The van der Waals surface area contributed by atoms with Gasteiger partial charge in [-0.1, -0.05) is 18.2 Å². The predicted molar refractivity (Wildman–Crippen MR) is 132 cm³/mol. The SMILES string of the molecule is COc1ccc(-c2nc(N3CCN(C(=O)c4ccccc4)CC3)c(C#N)c3c2CCCC3)cc1. The molecule has 172 valence electrons. The van der Waals surface area contributed by atoms with Crippen molar-refractivity contribution in [2.45, 2.75) is 25.7 Å². The molecule has 0 saturated carbocycles. The number of anilines is 1. The molecule has 0 spiro atoms. The van der Waals surface area contributed by atoms with E-state index in [0.717, 1.165) is 54.1 Å². The van der Waals surface area contributed by atoms with Crippen LogP contribution in [0, 0.1) is 11.3 Å². The Hall–Kier alpha value is -3.85. The molecule has 1 fully saturated rings. The predicted octanol–water partition coefficient (Wildman–Crippen LogP) is 4.47. The van der Waals surface area contributed by atoms with Crippen LogP contribution in [-0.4, -0.2) is 49.1 Å². The zero-order chi connectivity index (χ0) is 23.5. The second-order valence-electron chi connectivity index (χ2n) is 8.81. The molecule has 1 aliphatic heterocycles. The van der Waals surface area contributed by atoms with E-state index in [0.29, 0.717) is 37.3 Å². The van der Waals surface area contributed by atoms with Gasteiger partial charge < -0.3 is 14.5 Å². The number of methoxy groups -OCH3 is 1. The minimum atomic E-state index is 0.0538. The summed E-state index contributed by atoms with van der Waals surface area (Å²) in [7, 11) is 1.66. The van der Waals surface area contributed by atoms with Gasteiger partial charge in [-0.15, -0.1) is 0 Å². The molecule has 0 atom stereocenters. The van der Waals surface area contributed by atoms with Gasteiger partial charge in [0.05, 0.1) is 18.4 Å². The molecule has 1 amide bonds. The number of hydrogen-bond donors (Lipinski definition) is 0. The van der Waals surface area contributed by atoms with Crippen LogP contribution in [0.1, 0.15) is 39.9 Å². The van der Waals surface area contributed by atoms with Crippen LogP contribution < -0.4 is 9.64 Å². The highest BCUT2D eigenvalue weighted by atomic mass is 16.5. The number of piperazine rings is 1. The third kappa shape index (κ3) is 4.10. The lowest BCUT2D eigenvalue weighted by atomic mass is 9.86. The highest BCUT2D eigenvalue weighted by Crippen LogP contribution is 2.37. The van der Waals surface area contributed by atoms with Crippen LogP contribution in [0.15, 0.2) is 54.6 Å². The van der Waals surface area contributed by atoms with Gasteiger partial charge in [0.1, 0.15) is 17.6 Å². The lowest BCUT2D eigenvalue weighted by Crippen LogP contribution is -2.49. The van der Waals surface area contributed by atoms with E-state index in [9.17, 15) is 10.1 Å². The molecule has 0 N–H and O–H groups in total. The van der Waals surface area contributed by atoms with E-state index in [1.165, 1.54) is 5.56 Å². The largest absolute Gasteiger partial charge is 0.497 e. The second-order valence-corrected chi connectivity index (χ2v) is 8.81. The Balaban J connectivity index is 1.47. The zero-order valence-corrected chi connectivity index (χ0v) is 19.5. The van der Waals surface area contributed by atoms with E-state index in [-0.39, 0.29) is 5.91 Å². The molecule has 0 bridgehead atoms. The molecule has 1 saturated heterocycles. The fourth-order valence-electron chi connectivity index (χ4n) is 5.03. The lowest BCUT2D eigenvalue weighted by molar-refractivity contribution is 0.0746. The Morgan fingerprint density at radius 2 is 1.62 bits per heavy atom. The summed E-state index contributed by atoms with van der Waals surface area (Å²) >= 11 is 0. The molecule has 2 heterocycles. The first-order valence-electron chi connectivity index (χ1n) is 11.9. The minimum absolute atomic E-state index is 0.0538. The number of pyridine rings is 1. The van der Waals surface area contributed by atoms with Crippen LogP contribution >= 0.6 is 0 Å². The monoisotopic (exact) mass is 452 g/mol. The van der Waals surface area contributed by atoms with Gasteiger partial charge in [0.15, 0.2) is 0 Å². The highest BCUT2D eigenvalue weighted by Gasteiger charge is 2.28. The average Bonchev–Trinajstić information content (AvgIpc) is 2.92. The van der Waals surface area contributed by atoms with Crippen LogP contribution in [0.5, 0.6) is 5.75 Å². The normalized spacial score (nSPS) is 15.4. The molecule has 1 aromatic heterocycles. The fourth-order valence-corrected chi connectivity index (χ4v) is 5.03. The molecule has 3 aromatic rings. The van der Waals surface area contributed by atoms with Crippen molar-refractivity contribution in [1.29, 1.82) is 5.26 Å². The maximum absolute atomic E-state index is 12.9. The first-order valence-corrected chi connectivity index (χ1v) is 11.9. The third-order valence-corrected chi connectivity index (χ3v) is 6.86. The summed E-state index contributed by atoms with van der Waals surface area (Å²) in [5.41, 5.74) is 5.77. The number of carbonyl (C=O) groups excluding carboxylic acids is 1. The summed E-state index contributed by atoms with van der Waals surface area (Å²) in [4.78, 5) is 22.0. The minimum Gasteiger partial charge on any atom is -0.497 e. The van der Waals surface area contributed by atoms with Gasteiger partial charge in [-0.25, -0.2) is 4.98 Å². The number of nitriles is 1. The Morgan fingerprint density at radius 1 is 0.941 bits per heavy atom. The van der Waals surface area contributed by atoms with Crippen LogP contribution in [0.25, 0.3) is 11.3 Å². The number of aromatic nitrogens is 1. The molecule has 0 unspecified atom stereocenters. The Bertz CT molecular complexity index is 1220. The van der Waals surface area contributed by atoms with Crippen LogP contribution in [0.2, 0.25) is 0 Å². The van der Waals surface area contributed by atoms with Gasteiger partial charge >= 0.3 is 0 Å². The van der Waals surface area contributed by atoms with E-state index in [2.05, 4.69) is 11.0 Å². The number of fused-ring (bicyclic) bond motifs is 1. The van der Waals surface area contributed by atoms with Crippen molar-refractivity contribution >= 4 is 11.7 Å². The molecule has 6 nitrogen and oxygen atoms in total. The van der Waals surface area contributed by atoms with Crippen LogP contribution in [0.4, 0.5) is 5.82 Å². The van der Waals surface area contributed by atoms with E-state index < -0.39 is 0 Å². The third-order valence-electron chi connectivity index (χ3n) is 6.86. The summed E-state index contributed by atoms with van der Waals surface area (Å²) in [5, 5.41) is 10.1. The molecule has 34 heavy (non-hydrogen) atoms. The Morgan fingerprint density at radius 3 is 2.26 bits per heavy atom. The number of hydrogen-bond acceptors (Lipinski definition) is 5. The Kier molecular flexibility index (Phi) is 6.18. The summed E-state index contributed by atoms with van der Waals surface area (Å²) in [6.07, 6.45) is 4.05. The number of rotatable bonds is 4. The van der Waals surface area contributed by atoms with E-state index in [4.69, 9.17) is 9.72 Å². The molecular weight excluding hydrogens is 424 g/mol. The maximum atomic E-state index is 12.9. The standard InChI is InChI=1S/C28H28N4O2/c1-34-22-13-11-20(12-14-22)26-24-10-6-5-9-23(24)25(19-29)27(30-26)31-15-17-32(18-16-31)28(33)21-7-3-2-4-8-21/h2-4,7-8,11-14H,5-6,9-10,15-18H2,1H3. The van der Waals surface area contributed by atoms with Gasteiger partial charge in [0, 0.05) is 37.3 Å². The van der Waals surface area contributed by atoms with Gasteiger partial charge in [0.25, 0.3) is 5.91 Å². The van der Waals surface area contributed by atoms with Crippen molar-refractivity contribution < 1.29 is 9.53 Å². The molecule has 2 aliphatic rings. The van der Waals surface area contributed by atoms with Gasteiger partial charge in [0.2, 0.25) is 0 Å². The number of nitrogens with zero attached hydrogens (tertiary/aromatic N) is 4. The first kappa shape index (κ1) is 22.0. The first-order chi connectivity index (χ1) is 16.7. The molecule has 2 aromatic carbocycles. The Labute approximate surface area is 200 Å². The van der Waals surface area contributed by atoms with Gasteiger partial charge in [-0.05, 0) is 73.2 Å². The number of amides is 1. The van der Waals surface area contributed by atoms with Crippen molar-refractivity contribution in [3.63, 3.8) is 0 Å². The molecule has 6 heteroatoms. The second kappa shape index (κ2) is 9.56. The lowest BCUT2D eigenvalue weighted by Gasteiger charge is -2.37. The number of ether oxygens (including phenoxy) is 1. The highest BCUT2D eigenvalue weighted by molar-refractivity contribution is 5.94. The number of carbonyl (C=O) groups is 1. The quantitative estimate of drug-likeness (QED) is 0.584. The van der Waals surface area contributed by atoms with Crippen molar-refractivity contribution in [3.05, 3.63) is 76.9 Å². The maximum Gasteiger partial charge on any atom is 0.253 e. The van der Waals surface area contributed by atoms with E-state index in [1.54, 1.807) is 7.11 Å². The summed E-state index contributed by atoms with van der Waals surface area (Å²) in [6.45, 7) is 2.52. The van der Waals surface area contributed by atoms with Crippen molar-refractivity contribution in [1.82, 2.24) is 9.88 Å². The molecule has 1 aliphatic carbocycles. The van der Waals surface area contributed by atoms with Crippen LogP contribution in [-0.2, 0) is 12.8 Å². The summed E-state index contributed by atoms with van der Waals surface area (Å²) in [6, 6.07) is 19.9. The smallest absolute Gasteiger partial charge is 0.253 e. The van der Waals surface area contributed by atoms with Crippen LogP contribution in [0.3, 0.4) is 0 Å². The van der Waals surface area contributed by atoms with Crippen molar-refractivity contribution in [3.8, 4) is 23.1 Å².